The fraction of sp³-hybridized carbons (Fsp3) is 0.167. The van der Waals surface area contributed by atoms with Gasteiger partial charge in [0.15, 0.2) is 0 Å². The number of nitrogens with zero attached hydrogens (tertiary/aromatic N) is 1. The van der Waals surface area contributed by atoms with E-state index in [9.17, 15) is 9.59 Å². The molecule has 0 saturated heterocycles. The maximum atomic E-state index is 11.3. The molecule has 0 atom stereocenters. The summed E-state index contributed by atoms with van der Waals surface area (Å²) in [7, 11) is 3.84. The lowest BCUT2D eigenvalue weighted by Crippen LogP contribution is -2.10. The number of anilines is 2. The monoisotopic (exact) mass is 234 g/mol. The lowest BCUT2D eigenvalue weighted by Gasteiger charge is -2.12. The summed E-state index contributed by atoms with van der Waals surface area (Å²) in [6.07, 6.45) is 1.77. The number of carboxylic acids is 1. The first-order valence-electron chi connectivity index (χ1n) is 4.98. The fourth-order valence-electron chi connectivity index (χ4n) is 1.17. The average molecular weight is 234 g/mol. The van der Waals surface area contributed by atoms with Crippen LogP contribution in [0, 0.1) is 0 Å². The Hall–Kier alpha value is -2.30. The van der Waals surface area contributed by atoms with Gasteiger partial charge in [0.2, 0.25) is 5.91 Å². The highest BCUT2D eigenvalue weighted by Gasteiger charge is 1.99. The number of hydrogen-bond acceptors (Lipinski definition) is 3. The van der Waals surface area contributed by atoms with Gasteiger partial charge in [-0.05, 0) is 24.3 Å². The molecule has 0 aliphatic rings. The minimum absolute atomic E-state index is 0.468. The van der Waals surface area contributed by atoms with E-state index in [1.807, 2.05) is 31.1 Å². The third-order valence-corrected chi connectivity index (χ3v) is 2.03. The molecular weight excluding hydrogens is 220 g/mol. The standard InChI is InChI=1S/C12H14N2O3/c1-14(2)10-5-3-9(4-6-10)13-11(15)7-8-12(16)17/h3-8H,1-2H3,(H,13,15)(H,16,17)/b8-7-. The van der Waals surface area contributed by atoms with E-state index in [1.54, 1.807) is 12.1 Å². The number of carbonyl (C=O) groups excluding carboxylic acids is 1. The molecule has 0 bridgehead atoms. The zero-order valence-corrected chi connectivity index (χ0v) is 9.68. The van der Waals surface area contributed by atoms with Gasteiger partial charge < -0.3 is 15.3 Å². The highest BCUT2D eigenvalue weighted by Crippen LogP contribution is 2.15. The maximum absolute atomic E-state index is 11.3. The van der Waals surface area contributed by atoms with Gasteiger partial charge in [-0.3, -0.25) is 4.79 Å². The van der Waals surface area contributed by atoms with Crippen LogP contribution >= 0.6 is 0 Å². The molecule has 0 unspecified atom stereocenters. The van der Waals surface area contributed by atoms with Crippen molar-refractivity contribution in [3.63, 3.8) is 0 Å². The van der Waals surface area contributed by atoms with Gasteiger partial charge in [-0.25, -0.2) is 4.79 Å². The van der Waals surface area contributed by atoms with Crippen molar-refractivity contribution in [1.82, 2.24) is 0 Å². The molecule has 0 saturated carbocycles. The van der Waals surface area contributed by atoms with Gasteiger partial charge in [-0.1, -0.05) is 0 Å². The van der Waals surface area contributed by atoms with Crippen LogP contribution in [0.4, 0.5) is 11.4 Å². The van der Waals surface area contributed by atoms with Crippen LogP contribution in [0.1, 0.15) is 0 Å². The third kappa shape index (κ3) is 4.38. The van der Waals surface area contributed by atoms with Gasteiger partial charge in [0.1, 0.15) is 0 Å². The second-order valence-corrected chi connectivity index (χ2v) is 3.60. The highest BCUT2D eigenvalue weighted by molar-refractivity contribution is 6.02. The molecule has 1 aromatic rings. The second-order valence-electron chi connectivity index (χ2n) is 3.60. The molecule has 90 valence electrons. The van der Waals surface area contributed by atoms with Gasteiger partial charge in [0, 0.05) is 37.6 Å². The van der Waals surface area contributed by atoms with E-state index in [0.29, 0.717) is 5.69 Å². The van der Waals surface area contributed by atoms with Gasteiger partial charge in [0.25, 0.3) is 0 Å². The van der Waals surface area contributed by atoms with Crippen molar-refractivity contribution in [2.24, 2.45) is 0 Å². The topological polar surface area (TPSA) is 69.6 Å². The maximum Gasteiger partial charge on any atom is 0.328 e. The van der Waals surface area contributed by atoms with E-state index >= 15 is 0 Å². The first-order valence-corrected chi connectivity index (χ1v) is 4.98. The Morgan fingerprint density at radius 2 is 1.76 bits per heavy atom. The van der Waals surface area contributed by atoms with Crippen molar-refractivity contribution in [2.45, 2.75) is 0 Å². The summed E-state index contributed by atoms with van der Waals surface area (Å²) in [6.45, 7) is 0. The van der Waals surface area contributed by atoms with E-state index < -0.39 is 11.9 Å². The van der Waals surface area contributed by atoms with Crippen LogP contribution < -0.4 is 10.2 Å². The van der Waals surface area contributed by atoms with Gasteiger partial charge in [-0.15, -0.1) is 0 Å². The average Bonchev–Trinajstić information content (AvgIpc) is 2.27. The lowest BCUT2D eigenvalue weighted by atomic mass is 10.2. The van der Waals surface area contributed by atoms with E-state index in [1.165, 1.54) is 0 Å². The summed E-state index contributed by atoms with van der Waals surface area (Å²) in [5.74, 6) is -1.62. The number of aliphatic carboxylic acids is 1. The first kappa shape index (κ1) is 12.8. The van der Waals surface area contributed by atoms with Gasteiger partial charge in [-0.2, -0.15) is 0 Å². The van der Waals surface area contributed by atoms with Crippen LogP contribution in [0.3, 0.4) is 0 Å². The van der Waals surface area contributed by atoms with Crippen molar-refractivity contribution in [3.05, 3.63) is 36.4 Å². The minimum atomic E-state index is -1.15. The van der Waals surface area contributed by atoms with E-state index in [2.05, 4.69) is 5.32 Å². The summed E-state index contributed by atoms with van der Waals surface area (Å²) >= 11 is 0. The molecule has 1 aromatic carbocycles. The van der Waals surface area contributed by atoms with Crippen molar-refractivity contribution in [1.29, 1.82) is 0 Å². The second kappa shape index (κ2) is 5.69. The zero-order valence-electron chi connectivity index (χ0n) is 9.68. The largest absolute Gasteiger partial charge is 0.478 e. The predicted molar refractivity (Wildman–Crippen MR) is 66.2 cm³/mol. The minimum Gasteiger partial charge on any atom is -0.478 e. The molecule has 0 spiro atoms. The molecule has 0 fully saturated rings. The van der Waals surface area contributed by atoms with Crippen molar-refractivity contribution in [3.8, 4) is 0 Å². The number of hydrogen-bond donors (Lipinski definition) is 2. The third-order valence-electron chi connectivity index (χ3n) is 2.03. The Kier molecular flexibility index (Phi) is 4.28. The number of amides is 1. The Bertz CT molecular complexity index is 436. The number of carboxylic acid groups (broad SMARTS) is 1. The quantitative estimate of drug-likeness (QED) is 0.771. The Labute approximate surface area is 99.4 Å². The zero-order chi connectivity index (χ0) is 12.8. The van der Waals surface area contributed by atoms with Crippen LogP contribution in [-0.2, 0) is 9.59 Å². The van der Waals surface area contributed by atoms with E-state index in [0.717, 1.165) is 17.8 Å². The molecule has 0 aliphatic heterocycles. The summed E-state index contributed by atoms with van der Waals surface area (Å²) in [6, 6.07) is 7.22. The van der Waals surface area contributed by atoms with Crippen LogP contribution in [-0.4, -0.2) is 31.1 Å². The van der Waals surface area contributed by atoms with Crippen LogP contribution in [0.5, 0.6) is 0 Å². The van der Waals surface area contributed by atoms with Crippen LogP contribution in [0.15, 0.2) is 36.4 Å². The molecule has 2 N–H and O–H groups in total. The summed E-state index contributed by atoms with van der Waals surface area (Å²) < 4.78 is 0. The molecule has 0 radical (unpaired) electrons. The van der Waals surface area contributed by atoms with Crippen LogP contribution in [0.2, 0.25) is 0 Å². The molecule has 5 heteroatoms. The van der Waals surface area contributed by atoms with Crippen molar-refractivity contribution >= 4 is 23.3 Å². The number of nitrogens with one attached hydrogen (secondary N) is 1. The smallest absolute Gasteiger partial charge is 0.328 e. The van der Waals surface area contributed by atoms with Crippen LogP contribution in [0.25, 0.3) is 0 Å². The molecule has 5 nitrogen and oxygen atoms in total. The molecule has 1 rings (SSSR count). The molecule has 0 heterocycles. The number of rotatable bonds is 4. The molecule has 17 heavy (non-hydrogen) atoms. The molecular formula is C12H14N2O3. The summed E-state index contributed by atoms with van der Waals surface area (Å²) in [5, 5.41) is 10.9. The van der Waals surface area contributed by atoms with Crippen molar-refractivity contribution in [2.75, 3.05) is 24.3 Å². The summed E-state index contributed by atoms with van der Waals surface area (Å²) in [4.78, 5) is 23.4. The lowest BCUT2D eigenvalue weighted by molar-refractivity contribution is -0.131. The van der Waals surface area contributed by atoms with Crippen molar-refractivity contribution < 1.29 is 14.7 Å². The molecule has 0 aliphatic carbocycles. The predicted octanol–water partition coefficient (Wildman–Crippen LogP) is 1.33. The Morgan fingerprint density at radius 3 is 2.24 bits per heavy atom. The van der Waals surface area contributed by atoms with Gasteiger partial charge >= 0.3 is 5.97 Å². The van der Waals surface area contributed by atoms with Gasteiger partial charge in [0.05, 0.1) is 0 Å². The van der Waals surface area contributed by atoms with E-state index in [4.69, 9.17) is 5.11 Å². The molecule has 1 amide bonds. The SMILES string of the molecule is CN(C)c1ccc(NC(=O)/C=C\C(=O)O)cc1. The normalized spacial score (nSPS) is 10.2. The van der Waals surface area contributed by atoms with E-state index in [-0.39, 0.29) is 0 Å². The first-order chi connectivity index (χ1) is 7.99. The number of carbonyl (C=O) groups is 2. The fourth-order valence-corrected chi connectivity index (χ4v) is 1.17. The highest BCUT2D eigenvalue weighted by atomic mass is 16.4. The molecule has 0 aromatic heterocycles. The Morgan fingerprint density at radius 1 is 1.18 bits per heavy atom. The summed E-state index contributed by atoms with van der Waals surface area (Å²) in [5.41, 5.74) is 1.64. The Balaban J connectivity index is 2.63. The number of benzene rings is 1.